The maximum Gasteiger partial charge on any atom is 0.416 e. The molecule has 1 aromatic carbocycles. The van der Waals surface area contributed by atoms with E-state index in [1.165, 1.54) is 30.1 Å². The number of sulfonamides is 1. The molecule has 6 nitrogen and oxygen atoms in total. The van der Waals surface area contributed by atoms with Crippen molar-refractivity contribution in [2.75, 3.05) is 13.3 Å². The molecule has 0 aliphatic heterocycles. The van der Waals surface area contributed by atoms with Gasteiger partial charge in [-0.1, -0.05) is 6.07 Å². The Morgan fingerprint density at radius 1 is 1.32 bits per heavy atom. The predicted molar refractivity (Wildman–Crippen MR) is 72.7 cm³/mol. The fraction of sp³-hybridized carbons (Fsp3) is 0.333. The number of hydrogen-bond donors (Lipinski definition) is 0. The van der Waals surface area contributed by atoms with Crippen molar-refractivity contribution in [2.24, 2.45) is 0 Å². The molecule has 22 heavy (non-hydrogen) atoms. The summed E-state index contributed by atoms with van der Waals surface area (Å²) in [6.45, 7) is -0.102. The zero-order chi connectivity index (χ0) is 16.5. The summed E-state index contributed by atoms with van der Waals surface area (Å²) in [6, 6.07) is 4.63. The summed E-state index contributed by atoms with van der Waals surface area (Å²) in [4.78, 5) is 0. The van der Waals surface area contributed by atoms with Crippen molar-refractivity contribution in [3.05, 3.63) is 42.0 Å². The highest BCUT2D eigenvalue weighted by Gasteiger charge is 2.30. The fourth-order valence-corrected chi connectivity index (χ4v) is 2.08. The summed E-state index contributed by atoms with van der Waals surface area (Å²) in [5, 5.41) is 7.40. The zero-order valence-corrected chi connectivity index (χ0v) is 12.6. The number of benzene rings is 1. The van der Waals surface area contributed by atoms with Crippen molar-refractivity contribution < 1.29 is 21.6 Å². The van der Waals surface area contributed by atoms with Crippen LogP contribution in [0.5, 0.6) is 0 Å². The van der Waals surface area contributed by atoms with Crippen molar-refractivity contribution in [1.82, 2.24) is 19.1 Å². The Balaban J connectivity index is 2.38. The minimum Gasteiger partial charge on any atom is -0.284 e. The van der Waals surface area contributed by atoms with Crippen LogP contribution in [0.1, 0.15) is 11.4 Å². The first-order valence-electron chi connectivity index (χ1n) is 6.07. The molecule has 0 N–H and O–H groups in total. The second-order valence-corrected chi connectivity index (χ2v) is 6.77. The molecule has 0 atom stereocenters. The van der Waals surface area contributed by atoms with Crippen LogP contribution < -0.4 is 0 Å². The highest BCUT2D eigenvalue weighted by atomic mass is 32.2. The lowest BCUT2D eigenvalue weighted by atomic mass is 10.2. The van der Waals surface area contributed by atoms with Gasteiger partial charge in [0.1, 0.15) is 6.33 Å². The maximum absolute atomic E-state index is 12.7. The minimum absolute atomic E-state index is 0.102. The lowest BCUT2D eigenvalue weighted by molar-refractivity contribution is -0.137. The summed E-state index contributed by atoms with van der Waals surface area (Å²) >= 11 is 0. The molecular formula is C12H13F3N4O2S. The van der Waals surface area contributed by atoms with Crippen molar-refractivity contribution in [1.29, 1.82) is 0 Å². The molecule has 0 spiro atoms. The standard InChI is InChI=1S/C12H13F3N4O2S/c1-18(22(2,20)21)7-11-17-16-8-19(11)10-5-3-4-9(6-10)12(13,14)15/h3-6,8H,7H2,1-2H3. The van der Waals surface area contributed by atoms with E-state index in [4.69, 9.17) is 0 Å². The van der Waals surface area contributed by atoms with Gasteiger partial charge >= 0.3 is 6.18 Å². The van der Waals surface area contributed by atoms with Crippen molar-refractivity contribution in [3.63, 3.8) is 0 Å². The molecule has 2 rings (SSSR count). The molecule has 10 heteroatoms. The Kier molecular flexibility index (Phi) is 4.25. The van der Waals surface area contributed by atoms with E-state index < -0.39 is 21.8 Å². The Labute approximate surface area is 125 Å². The third kappa shape index (κ3) is 3.63. The Hall–Kier alpha value is -1.94. The van der Waals surface area contributed by atoms with Crippen LogP contribution >= 0.6 is 0 Å². The number of halogens is 3. The second-order valence-electron chi connectivity index (χ2n) is 4.68. The molecule has 0 bridgehead atoms. The van der Waals surface area contributed by atoms with E-state index in [0.29, 0.717) is 0 Å². The number of nitrogens with zero attached hydrogens (tertiary/aromatic N) is 4. The van der Waals surface area contributed by atoms with Gasteiger partial charge in [0.05, 0.1) is 18.4 Å². The number of hydrogen-bond acceptors (Lipinski definition) is 4. The molecule has 0 aliphatic rings. The Morgan fingerprint density at radius 3 is 2.59 bits per heavy atom. The number of aromatic nitrogens is 3. The molecular weight excluding hydrogens is 321 g/mol. The van der Waals surface area contributed by atoms with E-state index in [2.05, 4.69) is 10.2 Å². The molecule has 0 saturated carbocycles. The SMILES string of the molecule is CN(Cc1nncn1-c1cccc(C(F)(F)F)c1)S(C)(=O)=O. The molecule has 0 fully saturated rings. The third-order valence-corrected chi connectivity index (χ3v) is 4.26. The Morgan fingerprint density at radius 2 is 2.00 bits per heavy atom. The molecule has 0 aliphatic carbocycles. The first-order chi connectivity index (χ1) is 10.1. The summed E-state index contributed by atoms with van der Waals surface area (Å²) in [5.74, 6) is 0.215. The average Bonchev–Trinajstić information content (AvgIpc) is 2.85. The van der Waals surface area contributed by atoms with Gasteiger partial charge < -0.3 is 0 Å². The topological polar surface area (TPSA) is 68.1 Å². The highest BCUT2D eigenvalue weighted by Crippen LogP contribution is 2.30. The van der Waals surface area contributed by atoms with Crippen LogP contribution in [-0.4, -0.2) is 40.8 Å². The molecule has 0 unspecified atom stereocenters. The lowest BCUT2D eigenvalue weighted by Crippen LogP contribution is -2.26. The lowest BCUT2D eigenvalue weighted by Gasteiger charge is -2.15. The van der Waals surface area contributed by atoms with E-state index in [1.54, 1.807) is 0 Å². The smallest absolute Gasteiger partial charge is 0.284 e. The molecule has 120 valence electrons. The van der Waals surface area contributed by atoms with Crippen molar-refractivity contribution in [3.8, 4) is 5.69 Å². The van der Waals surface area contributed by atoms with Gasteiger partial charge in [0.15, 0.2) is 5.82 Å². The average molecular weight is 334 g/mol. The molecule has 1 heterocycles. The minimum atomic E-state index is -4.46. The largest absolute Gasteiger partial charge is 0.416 e. The van der Waals surface area contributed by atoms with Crippen LogP contribution in [0.15, 0.2) is 30.6 Å². The van der Waals surface area contributed by atoms with Crippen molar-refractivity contribution >= 4 is 10.0 Å². The van der Waals surface area contributed by atoms with Gasteiger partial charge in [0.2, 0.25) is 10.0 Å². The first kappa shape index (κ1) is 16.4. The molecule has 2 aromatic rings. The van der Waals surface area contributed by atoms with Crippen LogP contribution in [0.2, 0.25) is 0 Å². The number of rotatable bonds is 4. The van der Waals surface area contributed by atoms with Gasteiger partial charge in [0, 0.05) is 12.7 Å². The van der Waals surface area contributed by atoms with E-state index in [9.17, 15) is 21.6 Å². The Bertz CT molecular complexity index is 771. The number of alkyl halides is 3. The predicted octanol–water partition coefficient (Wildman–Crippen LogP) is 1.68. The quantitative estimate of drug-likeness (QED) is 0.853. The zero-order valence-electron chi connectivity index (χ0n) is 11.7. The highest BCUT2D eigenvalue weighted by molar-refractivity contribution is 7.88. The van der Waals surface area contributed by atoms with Gasteiger partial charge in [-0.25, -0.2) is 8.42 Å². The molecule has 0 saturated heterocycles. The molecule has 1 aromatic heterocycles. The summed E-state index contributed by atoms with van der Waals surface area (Å²) in [5.41, 5.74) is -0.599. The van der Waals surface area contributed by atoms with Gasteiger partial charge in [-0.05, 0) is 18.2 Å². The maximum atomic E-state index is 12.7. The van der Waals surface area contributed by atoms with Crippen LogP contribution in [0.4, 0.5) is 13.2 Å². The fourth-order valence-electron chi connectivity index (χ4n) is 1.73. The van der Waals surface area contributed by atoms with Crippen LogP contribution in [0, 0.1) is 0 Å². The third-order valence-electron chi connectivity index (χ3n) is 3.00. The molecule has 0 radical (unpaired) electrons. The first-order valence-corrected chi connectivity index (χ1v) is 7.91. The van der Waals surface area contributed by atoms with E-state index in [0.717, 1.165) is 22.7 Å². The second kappa shape index (κ2) is 5.69. The van der Waals surface area contributed by atoms with E-state index >= 15 is 0 Å². The summed E-state index contributed by atoms with van der Waals surface area (Å²) in [6.07, 6.45) is -2.20. The van der Waals surface area contributed by atoms with E-state index in [-0.39, 0.29) is 18.1 Å². The molecule has 0 amide bonds. The van der Waals surface area contributed by atoms with Gasteiger partial charge in [-0.3, -0.25) is 4.57 Å². The van der Waals surface area contributed by atoms with Crippen LogP contribution in [0.3, 0.4) is 0 Å². The normalized spacial score (nSPS) is 12.8. The monoisotopic (exact) mass is 334 g/mol. The van der Waals surface area contributed by atoms with E-state index in [1.807, 2.05) is 0 Å². The van der Waals surface area contributed by atoms with Crippen molar-refractivity contribution in [2.45, 2.75) is 12.7 Å². The van der Waals surface area contributed by atoms with Gasteiger partial charge in [0.25, 0.3) is 0 Å². The van der Waals surface area contributed by atoms with Crippen LogP contribution in [0.25, 0.3) is 5.69 Å². The van der Waals surface area contributed by atoms with Gasteiger partial charge in [-0.2, -0.15) is 17.5 Å². The summed E-state index contributed by atoms with van der Waals surface area (Å²) in [7, 11) is -2.09. The van der Waals surface area contributed by atoms with Crippen LogP contribution in [-0.2, 0) is 22.7 Å². The van der Waals surface area contributed by atoms with Gasteiger partial charge in [-0.15, -0.1) is 10.2 Å². The summed E-state index contributed by atoms with van der Waals surface area (Å²) < 4.78 is 63.4.